The molecule has 3 rings (SSSR count). The molecule has 4 nitrogen and oxygen atoms in total. The minimum absolute atomic E-state index is 0.266. The van der Waals surface area contributed by atoms with Crippen molar-refractivity contribution in [3.8, 4) is 11.5 Å². The molecule has 0 bridgehead atoms. The van der Waals surface area contributed by atoms with Crippen LogP contribution < -0.4 is 14.8 Å². The Bertz CT molecular complexity index is 486. The van der Waals surface area contributed by atoms with Crippen LogP contribution in [0.5, 0.6) is 11.5 Å². The van der Waals surface area contributed by atoms with Crippen molar-refractivity contribution >= 4 is 0 Å². The Hall–Kier alpha value is -1.26. The zero-order valence-electron chi connectivity index (χ0n) is 13.8. The number of nitrogens with one attached hydrogen (secondary N) is 1. The molecule has 4 heteroatoms. The first-order chi connectivity index (χ1) is 10.8. The van der Waals surface area contributed by atoms with E-state index in [0.29, 0.717) is 6.04 Å². The molecule has 2 fully saturated rings. The summed E-state index contributed by atoms with van der Waals surface area (Å²) in [4.78, 5) is 2.34. The topological polar surface area (TPSA) is 33.7 Å². The zero-order chi connectivity index (χ0) is 15.4. The van der Waals surface area contributed by atoms with Crippen LogP contribution in [-0.4, -0.2) is 44.8 Å². The van der Waals surface area contributed by atoms with Crippen LogP contribution in [-0.2, 0) is 0 Å². The highest BCUT2D eigenvalue weighted by molar-refractivity contribution is 5.44. The van der Waals surface area contributed by atoms with Gasteiger partial charge in [-0.15, -0.1) is 0 Å². The summed E-state index contributed by atoms with van der Waals surface area (Å²) in [5, 5.41) is 3.61. The number of likely N-dealkylation sites (tertiary alicyclic amines) is 1. The summed E-state index contributed by atoms with van der Waals surface area (Å²) in [7, 11) is 3.88. The lowest BCUT2D eigenvalue weighted by molar-refractivity contribution is 0.101. The fraction of sp³-hybridized carbons (Fsp3) is 0.667. The highest BCUT2D eigenvalue weighted by Gasteiger charge is 2.22. The number of rotatable bonds is 4. The van der Waals surface area contributed by atoms with Crippen LogP contribution in [0.1, 0.15) is 43.7 Å². The first-order valence-electron chi connectivity index (χ1n) is 8.53. The van der Waals surface area contributed by atoms with Gasteiger partial charge in [0.25, 0.3) is 0 Å². The first-order valence-corrected chi connectivity index (χ1v) is 8.53. The van der Waals surface area contributed by atoms with E-state index in [1.165, 1.54) is 37.8 Å². The van der Waals surface area contributed by atoms with E-state index in [1.54, 1.807) is 7.11 Å². The summed E-state index contributed by atoms with van der Waals surface area (Å²) >= 11 is 0. The van der Waals surface area contributed by atoms with Gasteiger partial charge in [-0.25, -0.2) is 0 Å². The lowest BCUT2D eigenvalue weighted by Crippen LogP contribution is -2.38. The molecule has 0 amide bonds. The van der Waals surface area contributed by atoms with Gasteiger partial charge < -0.3 is 19.7 Å². The summed E-state index contributed by atoms with van der Waals surface area (Å²) in [5.74, 6) is 1.74. The Kier molecular flexibility index (Phi) is 5.21. The number of piperidine rings is 2. The first kappa shape index (κ1) is 15.6. The van der Waals surface area contributed by atoms with Crippen molar-refractivity contribution in [3.05, 3.63) is 23.8 Å². The molecular formula is C18H28N2O2. The van der Waals surface area contributed by atoms with Gasteiger partial charge >= 0.3 is 0 Å². The van der Waals surface area contributed by atoms with Crippen LogP contribution in [0.2, 0.25) is 0 Å². The summed E-state index contributed by atoms with van der Waals surface area (Å²) < 4.78 is 11.8. The molecule has 1 aromatic rings. The van der Waals surface area contributed by atoms with E-state index in [2.05, 4.69) is 29.4 Å². The van der Waals surface area contributed by atoms with Crippen LogP contribution in [0.4, 0.5) is 0 Å². The van der Waals surface area contributed by atoms with Crippen LogP contribution in [0, 0.1) is 0 Å². The molecule has 122 valence electrons. The maximum absolute atomic E-state index is 6.28. The van der Waals surface area contributed by atoms with Gasteiger partial charge in [0.2, 0.25) is 0 Å². The molecule has 1 aromatic carbocycles. The number of nitrogens with zero attached hydrogens (tertiary/aromatic N) is 1. The number of benzene rings is 1. The molecule has 2 aliphatic heterocycles. The van der Waals surface area contributed by atoms with Crippen molar-refractivity contribution in [3.63, 3.8) is 0 Å². The smallest absolute Gasteiger partial charge is 0.161 e. The Labute approximate surface area is 133 Å². The van der Waals surface area contributed by atoms with Crippen LogP contribution in [0.25, 0.3) is 0 Å². The van der Waals surface area contributed by atoms with Gasteiger partial charge in [0.1, 0.15) is 6.10 Å². The van der Waals surface area contributed by atoms with Crippen LogP contribution in [0.3, 0.4) is 0 Å². The van der Waals surface area contributed by atoms with E-state index in [-0.39, 0.29) is 6.10 Å². The highest BCUT2D eigenvalue weighted by Crippen LogP contribution is 2.34. The molecule has 0 radical (unpaired) electrons. The molecule has 22 heavy (non-hydrogen) atoms. The Morgan fingerprint density at radius 2 is 2.05 bits per heavy atom. The van der Waals surface area contributed by atoms with E-state index in [4.69, 9.17) is 9.47 Å². The van der Waals surface area contributed by atoms with Gasteiger partial charge in [0, 0.05) is 12.6 Å². The molecule has 2 unspecified atom stereocenters. The van der Waals surface area contributed by atoms with Gasteiger partial charge in [-0.05, 0) is 63.5 Å². The maximum atomic E-state index is 6.28. The number of hydrogen-bond acceptors (Lipinski definition) is 4. The van der Waals surface area contributed by atoms with Crippen molar-refractivity contribution in [2.45, 2.75) is 44.2 Å². The minimum atomic E-state index is 0.266. The van der Waals surface area contributed by atoms with E-state index in [0.717, 1.165) is 31.0 Å². The van der Waals surface area contributed by atoms with Gasteiger partial charge in [0.15, 0.2) is 11.5 Å². The van der Waals surface area contributed by atoms with Crippen molar-refractivity contribution in [1.82, 2.24) is 10.2 Å². The third-order valence-corrected chi connectivity index (χ3v) is 4.78. The predicted molar refractivity (Wildman–Crippen MR) is 88.7 cm³/mol. The molecule has 0 saturated carbocycles. The molecule has 0 aliphatic carbocycles. The zero-order valence-corrected chi connectivity index (χ0v) is 13.8. The number of methoxy groups -OCH3 is 1. The Balaban J connectivity index is 1.75. The second-order valence-corrected chi connectivity index (χ2v) is 6.56. The minimum Gasteiger partial charge on any atom is -0.493 e. The second kappa shape index (κ2) is 7.34. The number of likely N-dealkylation sites (N-methyl/N-ethyl adjacent to an activating group) is 1. The molecule has 1 N–H and O–H groups in total. The molecule has 2 saturated heterocycles. The number of ether oxygens (including phenoxy) is 2. The van der Waals surface area contributed by atoms with E-state index in [1.807, 2.05) is 6.07 Å². The lowest BCUT2D eigenvalue weighted by atomic mass is 9.97. The quantitative estimate of drug-likeness (QED) is 0.927. The fourth-order valence-corrected chi connectivity index (χ4v) is 3.53. The van der Waals surface area contributed by atoms with Crippen LogP contribution >= 0.6 is 0 Å². The largest absolute Gasteiger partial charge is 0.493 e. The second-order valence-electron chi connectivity index (χ2n) is 6.56. The molecule has 0 spiro atoms. The average Bonchev–Trinajstić information content (AvgIpc) is 2.56. The van der Waals surface area contributed by atoms with E-state index >= 15 is 0 Å². The van der Waals surface area contributed by atoms with Gasteiger partial charge in [-0.3, -0.25) is 0 Å². The lowest BCUT2D eigenvalue weighted by Gasteiger charge is -2.31. The van der Waals surface area contributed by atoms with E-state index < -0.39 is 0 Å². The number of hydrogen-bond donors (Lipinski definition) is 1. The van der Waals surface area contributed by atoms with Gasteiger partial charge in [-0.2, -0.15) is 0 Å². The highest BCUT2D eigenvalue weighted by atomic mass is 16.5. The third-order valence-electron chi connectivity index (χ3n) is 4.78. The summed E-state index contributed by atoms with van der Waals surface area (Å²) in [6.07, 6.45) is 6.38. The van der Waals surface area contributed by atoms with E-state index in [9.17, 15) is 0 Å². The van der Waals surface area contributed by atoms with Crippen molar-refractivity contribution in [2.24, 2.45) is 0 Å². The third kappa shape index (κ3) is 3.73. The molecule has 0 aromatic heterocycles. The summed E-state index contributed by atoms with van der Waals surface area (Å²) in [5.41, 5.74) is 1.32. The summed E-state index contributed by atoms with van der Waals surface area (Å²) in [6.45, 7) is 3.28. The predicted octanol–water partition coefficient (Wildman–Crippen LogP) is 2.98. The monoisotopic (exact) mass is 304 g/mol. The summed E-state index contributed by atoms with van der Waals surface area (Å²) in [6, 6.07) is 6.85. The standard InChI is InChI=1S/C18H28N2O2/c1-20-11-5-6-15(13-20)22-18-12-14(8-9-17(18)21-2)16-7-3-4-10-19-16/h8-9,12,15-16,19H,3-7,10-11,13H2,1-2H3. The van der Waals surface area contributed by atoms with Crippen molar-refractivity contribution < 1.29 is 9.47 Å². The average molecular weight is 304 g/mol. The molecular weight excluding hydrogens is 276 g/mol. The molecule has 2 aliphatic rings. The maximum Gasteiger partial charge on any atom is 0.161 e. The van der Waals surface area contributed by atoms with Crippen LogP contribution in [0.15, 0.2) is 18.2 Å². The Morgan fingerprint density at radius 1 is 1.14 bits per heavy atom. The van der Waals surface area contributed by atoms with Gasteiger partial charge in [-0.1, -0.05) is 12.5 Å². The van der Waals surface area contributed by atoms with Gasteiger partial charge in [0.05, 0.1) is 7.11 Å². The normalized spacial score (nSPS) is 26.6. The fourth-order valence-electron chi connectivity index (χ4n) is 3.53. The SMILES string of the molecule is COc1ccc(C2CCCCN2)cc1OC1CCCN(C)C1. The Morgan fingerprint density at radius 3 is 2.77 bits per heavy atom. The van der Waals surface area contributed by atoms with Crippen molar-refractivity contribution in [2.75, 3.05) is 33.8 Å². The molecule has 2 atom stereocenters. The van der Waals surface area contributed by atoms with Crippen molar-refractivity contribution in [1.29, 1.82) is 0 Å². The molecule has 2 heterocycles.